The van der Waals surface area contributed by atoms with Gasteiger partial charge in [-0.15, -0.1) is 0 Å². The number of hydrogen-bond donors (Lipinski definition) is 2. The molecule has 0 bridgehead atoms. The standard InChI is InChI=1S/C11H7N3O3/c15-10-6-3-1-2-4-8(6)14-9(12-10)5-7(13-14)11(16)17/h1-5H,(H,12,15)(H,16,17). The van der Waals surface area contributed by atoms with Crippen LogP contribution in [0.3, 0.4) is 0 Å². The van der Waals surface area contributed by atoms with Crippen molar-refractivity contribution in [2.75, 3.05) is 0 Å². The lowest BCUT2D eigenvalue weighted by atomic mass is 10.2. The third-order valence-corrected chi connectivity index (χ3v) is 2.55. The summed E-state index contributed by atoms with van der Waals surface area (Å²) in [7, 11) is 0. The van der Waals surface area contributed by atoms with Crippen LogP contribution in [0.25, 0.3) is 16.6 Å². The van der Waals surface area contributed by atoms with E-state index in [-0.39, 0.29) is 11.3 Å². The Morgan fingerprint density at radius 3 is 2.88 bits per heavy atom. The van der Waals surface area contributed by atoms with Crippen molar-refractivity contribution >= 4 is 22.5 Å². The van der Waals surface area contributed by atoms with Gasteiger partial charge in [0, 0.05) is 6.07 Å². The van der Waals surface area contributed by atoms with E-state index in [0.29, 0.717) is 16.6 Å². The minimum absolute atomic E-state index is 0.1000. The minimum atomic E-state index is -1.13. The molecule has 0 unspecified atom stereocenters. The van der Waals surface area contributed by atoms with Gasteiger partial charge in [-0.1, -0.05) is 12.1 Å². The summed E-state index contributed by atoms with van der Waals surface area (Å²) in [5, 5.41) is 13.3. The molecule has 3 aromatic rings. The Morgan fingerprint density at radius 2 is 2.12 bits per heavy atom. The Hall–Kier alpha value is -2.63. The lowest BCUT2D eigenvalue weighted by Gasteiger charge is -1.99. The van der Waals surface area contributed by atoms with Gasteiger partial charge in [0.05, 0.1) is 10.9 Å². The number of hydrogen-bond acceptors (Lipinski definition) is 3. The van der Waals surface area contributed by atoms with E-state index < -0.39 is 5.97 Å². The number of aromatic nitrogens is 3. The quantitative estimate of drug-likeness (QED) is 0.648. The Kier molecular flexibility index (Phi) is 1.79. The van der Waals surface area contributed by atoms with Crippen LogP contribution in [0, 0.1) is 0 Å². The molecule has 6 heteroatoms. The van der Waals surface area contributed by atoms with Crippen LogP contribution < -0.4 is 5.56 Å². The van der Waals surface area contributed by atoms with E-state index >= 15 is 0 Å². The Bertz CT molecular complexity index is 800. The highest BCUT2D eigenvalue weighted by molar-refractivity contribution is 5.88. The van der Waals surface area contributed by atoms with Crippen molar-refractivity contribution in [2.24, 2.45) is 0 Å². The smallest absolute Gasteiger partial charge is 0.356 e. The zero-order valence-electron chi connectivity index (χ0n) is 8.54. The molecule has 0 fully saturated rings. The number of para-hydroxylation sites is 1. The average Bonchev–Trinajstić information content (AvgIpc) is 2.73. The second-order valence-corrected chi connectivity index (χ2v) is 3.60. The summed E-state index contributed by atoms with van der Waals surface area (Å²) < 4.78 is 1.42. The van der Waals surface area contributed by atoms with Crippen LogP contribution in [0.5, 0.6) is 0 Å². The summed E-state index contributed by atoms with van der Waals surface area (Å²) in [6, 6.07) is 8.22. The van der Waals surface area contributed by atoms with E-state index in [2.05, 4.69) is 10.1 Å². The molecule has 0 amide bonds. The number of nitrogens with one attached hydrogen (secondary N) is 1. The summed E-state index contributed by atoms with van der Waals surface area (Å²) in [5.41, 5.74) is 0.590. The SMILES string of the molecule is O=C(O)c1cc2[nH]c(=O)c3ccccc3n2n1. The van der Waals surface area contributed by atoms with Gasteiger partial charge in [-0.2, -0.15) is 5.10 Å². The second kappa shape index (κ2) is 3.18. The van der Waals surface area contributed by atoms with Crippen LogP contribution in [0.1, 0.15) is 10.5 Å². The maximum absolute atomic E-state index is 11.7. The van der Waals surface area contributed by atoms with Gasteiger partial charge < -0.3 is 10.1 Å². The van der Waals surface area contributed by atoms with Gasteiger partial charge in [-0.25, -0.2) is 9.31 Å². The van der Waals surface area contributed by atoms with Crippen molar-refractivity contribution in [3.8, 4) is 0 Å². The van der Waals surface area contributed by atoms with Crippen molar-refractivity contribution < 1.29 is 9.90 Å². The lowest BCUT2D eigenvalue weighted by molar-refractivity contribution is 0.0690. The number of aromatic carboxylic acids is 1. The summed E-state index contributed by atoms with van der Waals surface area (Å²) in [5.74, 6) is -1.13. The van der Waals surface area contributed by atoms with Crippen LogP contribution in [0.15, 0.2) is 35.1 Å². The summed E-state index contributed by atoms with van der Waals surface area (Å²) >= 11 is 0. The van der Waals surface area contributed by atoms with Crippen LogP contribution >= 0.6 is 0 Å². The predicted octanol–water partition coefficient (Wildman–Crippen LogP) is 0.874. The van der Waals surface area contributed by atoms with Crippen LogP contribution in [0.2, 0.25) is 0 Å². The monoisotopic (exact) mass is 229 g/mol. The Balaban J connectivity index is 2.55. The molecule has 84 valence electrons. The van der Waals surface area contributed by atoms with E-state index in [1.54, 1.807) is 24.3 Å². The molecule has 6 nitrogen and oxygen atoms in total. The maximum atomic E-state index is 11.7. The lowest BCUT2D eigenvalue weighted by Crippen LogP contribution is -2.09. The topological polar surface area (TPSA) is 87.5 Å². The average molecular weight is 229 g/mol. The molecule has 2 aromatic heterocycles. The summed E-state index contributed by atoms with van der Waals surface area (Å²) in [6.07, 6.45) is 0. The van der Waals surface area contributed by atoms with Gasteiger partial charge in [-0.3, -0.25) is 4.79 Å². The molecule has 0 saturated carbocycles. The van der Waals surface area contributed by atoms with Crippen LogP contribution in [-0.2, 0) is 0 Å². The number of carbonyl (C=O) groups is 1. The van der Waals surface area contributed by atoms with Gasteiger partial charge in [-0.05, 0) is 12.1 Å². The number of benzene rings is 1. The van der Waals surface area contributed by atoms with Crippen molar-refractivity contribution in [1.29, 1.82) is 0 Å². The first kappa shape index (κ1) is 9.59. The molecule has 0 spiro atoms. The fourth-order valence-electron chi connectivity index (χ4n) is 1.79. The summed E-state index contributed by atoms with van der Waals surface area (Å²) in [4.78, 5) is 25.1. The minimum Gasteiger partial charge on any atom is -0.476 e. The molecule has 2 N–H and O–H groups in total. The number of carboxylic acid groups (broad SMARTS) is 1. The second-order valence-electron chi connectivity index (χ2n) is 3.60. The Morgan fingerprint density at radius 1 is 1.35 bits per heavy atom. The fraction of sp³-hybridized carbons (Fsp3) is 0. The molecule has 2 heterocycles. The molecule has 1 aromatic carbocycles. The molecular formula is C11H7N3O3. The van der Waals surface area contributed by atoms with Crippen molar-refractivity contribution in [3.63, 3.8) is 0 Å². The molecule has 0 saturated heterocycles. The molecular weight excluding hydrogens is 222 g/mol. The van der Waals surface area contributed by atoms with Gasteiger partial charge in [0.2, 0.25) is 0 Å². The number of carboxylic acids is 1. The van der Waals surface area contributed by atoms with Crippen LogP contribution in [-0.4, -0.2) is 25.7 Å². The number of nitrogens with zero attached hydrogens (tertiary/aromatic N) is 2. The zero-order valence-corrected chi connectivity index (χ0v) is 8.54. The highest BCUT2D eigenvalue weighted by Crippen LogP contribution is 2.11. The maximum Gasteiger partial charge on any atom is 0.356 e. The predicted molar refractivity (Wildman–Crippen MR) is 60.3 cm³/mol. The van der Waals surface area contributed by atoms with Crippen molar-refractivity contribution in [3.05, 3.63) is 46.4 Å². The van der Waals surface area contributed by atoms with Crippen molar-refractivity contribution in [2.45, 2.75) is 0 Å². The third-order valence-electron chi connectivity index (χ3n) is 2.55. The molecule has 17 heavy (non-hydrogen) atoms. The summed E-state index contributed by atoms with van der Waals surface area (Å²) in [6.45, 7) is 0. The number of aromatic amines is 1. The van der Waals surface area contributed by atoms with E-state index in [1.165, 1.54) is 10.6 Å². The van der Waals surface area contributed by atoms with Crippen molar-refractivity contribution in [1.82, 2.24) is 14.6 Å². The number of fused-ring (bicyclic) bond motifs is 3. The molecule has 0 atom stereocenters. The fourth-order valence-corrected chi connectivity index (χ4v) is 1.79. The zero-order chi connectivity index (χ0) is 12.0. The molecule has 0 aliphatic heterocycles. The molecule has 3 rings (SSSR count). The third kappa shape index (κ3) is 1.31. The van der Waals surface area contributed by atoms with E-state index in [1.807, 2.05) is 0 Å². The Labute approximate surface area is 94.1 Å². The van der Waals surface area contributed by atoms with E-state index in [9.17, 15) is 9.59 Å². The van der Waals surface area contributed by atoms with Gasteiger partial charge in [0.1, 0.15) is 5.65 Å². The number of H-pyrrole nitrogens is 1. The van der Waals surface area contributed by atoms with Gasteiger partial charge in [0.15, 0.2) is 5.69 Å². The molecule has 0 radical (unpaired) electrons. The van der Waals surface area contributed by atoms with E-state index in [4.69, 9.17) is 5.11 Å². The normalized spacial score (nSPS) is 11.1. The highest BCUT2D eigenvalue weighted by Gasteiger charge is 2.12. The van der Waals surface area contributed by atoms with Gasteiger partial charge >= 0.3 is 5.97 Å². The molecule has 0 aliphatic carbocycles. The highest BCUT2D eigenvalue weighted by atomic mass is 16.4. The van der Waals surface area contributed by atoms with Gasteiger partial charge in [0.25, 0.3) is 5.56 Å². The number of rotatable bonds is 1. The first-order valence-corrected chi connectivity index (χ1v) is 4.91. The van der Waals surface area contributed by atoms with E-state index in [0.717, 1.165) is 0 Å². The first-order chi connectivity index (χ1) is 8.16. The first-order valence-electron chi connectivity index (χ1n) is 4.91. The molecule has 0 aliphatic rings. The largest absolute Gasteiger partial charge is 0.476 e. The van der Waals surface area contributed by atoms with Crippen LogP contribution in [0.4, 0.5) is 0 Å².